The van der Waals surface area contributed by atoms with Crippen LogP contribution in [0.5, 0.6) is 0 Å². The predicted molar refractivity (Wildman–Crippen MR) is 84.9 cm³/mol. The van der Waals surface area contributed by atoms with E-state index in [0.717, 1.165) is 9.99 Å². The molecule has 0 aliphatic heterocycles. The summed E-state index contributed by atoms with van der Waals surface area (Å²) in [6.07, 6.45) is 0. The van der Waals surface area contributed by atoms with Gasteiger partial charge in [0.2, 0.25) is 0 Å². The van der Waals surface area contributed by atoms with Gasteiger partial charge in [-0.1, -0.05) is 41.9 Å². The van der Waals surface area contributed by atoms with Crippen LogP contribution in [0.2, 0.25) is 0 Å². The Kier molecular flexibility index (Phi) is 2.25. The first-order valence-corrected chi connectivity index (χ1v) is 7.93. The first kappa shape index (κ1) is 11.6. The van der Waals surface area contributed by atoms with Crippen LogP contribution in [0.15, 0.2) is 40.3 Å². The molecule has 1 aliphatic rings. The average molecular weight is 330 g/mol. The summed E-state index contributed by atoms with van der Waals surface area (Å²) in [6.45, 7) is 4.61. The molecule has 0 radical (unpaired) electrons. The molecule has 2 aromatic carbocycles. The molecule has 19 heavy (non-hydrogen) atoms. The molecule has 0 bridgehead atoms. The number of hydrogen-bond acceptors (Lipinski definition) is 2. The van der Waals surface area contributed by atoms with Crippen LogP contribution >= 0.6 is 27.3 Å². The third kappa shape index (κ3) is 1.43. The van der Waals surface area contributed by atoms with E-state index in [4.69, 9.17) is 0 Å². The summed E-state index contributed by atoms with van der Waals surface area (Å²) >= 11 is 5.33. The first-order chi connectivity index (χ1) is 9.09. The Labute approximate surface area is 124 Å². The van der Waals surface area contributed by atoms with E-state index >= 15 is 0 Å². The van der Waals surface area contributed by atoms with Crippen LogP contribution < -0.4 is 0 Å². The normalized spacial score (nSPS) is 15.5. The highest BCUT2D eigenvalue weighted by Gasteiger charge is 2.36. The molecule has 3 aromatic rings. The van der Waals surface area contributed by atoms with Crippen molar-refractivity contribution in [2.24, 2.45) is 0 Å². The molecule has 1 aliphatic carbocycles. The van der Waals surface area contributed by atoms with Crippen LogP contribution in [-0.2, 0) is 5.41 Å². The molecule has 0 saturated carbocycles. The molecule has 0 spiro atoms. The Morgan fingerprint density at radius 2 is 1.95 bits per heavy atom. The number of benzene rings is 2. The smallest absolute Gasteiger partial charge is 0.0818 e. The number of nitrogens with zero attached hydrogens (tertiary/aromatic N) is 1. The summed E-state index contributed by atoms with van der Waals surface area (Å²) in [6, 6.07) is 11.0. The maximum Gasteiger partial charge on any atom is 0.0818 e. The minimum Gasteiger partial charge on any atom is -0.245 e. The van der Waals surface area contributed by atoms with Crippen LogP contribution in [0.3, 0.4) is 0 Å². The van der Waals surface area contributed by atoms with Gasteiger partial charge in [-0.3, -0.25) is 0 Å². The van der Waals surface area contributed by atoms with Gasteiger partial charge in [-0.2, -0.15) is 0 Å². The van der Waals surface area contributed by atoms with Crippen molar-refractivity contribution in [3.05, 3.63) is 51.4 Å². The lowest BCUT2D eigenvalue weighted by Crippen LogP contribution is -2.14. The average Bonchev–Trinajstić information content (AvgIpc) is 2.92. The van der Waals surface area contributed by atoms with Crippen LogP contribution in [0.1, 0.15) is 25.0 Å². The quantitative estimate of drug-likeness (QED) is 0.540. The molecule has 0 saturated heterocycles. The third-order valence-electron chi connectivity index (χ3n) is 4.10. The van der Waals surface area contributed by atoms with Crippen molar-refractivity contribution in [2.75, 3.05) is 0 Å². The summed E-state index contributed by atoms with van der Waals surface area (Å²) in [5, 5.41) is 0. The molecule has 0 unspecified atom stereocenters. The van der Waals surface area contributed by atoms with Crippen LogP contribution in [-0.4, -0.2) is 4.98 Å². The fourth-order valence-corrected chi connectivity index (χ4v) is 4.33. The lowest BCUT2D eigenvalue weighted by Gasteiger charge is -2.21. The minimum absolute atomic E-state index is 0.0621. The second-order valence-electron chi connectivity index (χ2n) is 5.50. The van der Waals surface area contributed by atoms with Crippen molar-refractivity contribution in [3.8, 4) is 11.1 Å². The third-order valence-corrected chi connectivity index (χ3v) is 5.45. The summed E-state index contributed by atoms with van der Waals surface area (Å²) < 4.78 is 2.46. The van der Waals surface area contributed by atoms with E-state index in [2.05, 4.69) is 65.1 Å². The first-order valence-electron chi connectivity index (χ1n) is 6.26. The Balaban J connectivity index is 2.20. The van der Waals surface area contributed by atoms with Gasteiger partial charge in [0.15, 0.2) is 0 Å². The SMILES string of the molecule is CC1(C)c2cc(Br)ccc2-c2c1ccc1ncsc21. The lowest BCUT2D eigenvalue weighted by atomic mass is 9.82. The number of thiazole rings is 1. The Morgan fingerprint density at radius 1 is 1.11 bits per heavy atom. The number of rotatable bonds is 0. The van der Waals surface area contributed by atoms with E-state index in [0.29, 0.717) is 0 Å². The molecule has 0 N–H and O–H groups in total. The van der Waals surface area contributed by atoms with Crippen LogP contribution in [0.25, 0.3) is 21.3 Å². The lowest BCUT2D eigenvalue weighted by molar-refractivity contribution is 0.660. The fraction of sp³-hybridized carbons (Fsp3) is 0.188. The largest absolute Gasteiger partial charge is 0.245 e. The molecular weight excluding hydrogens is 318 g/mol. The second kappa shape index (κ2) is 3.68. The summed E-state index contributed by atoms with van der Waals surface area (Å²) in [5.74, 6) is 0. The van der Waals surface area contributed by atoms with E-state index in [1.807, 2.05) is 5.51 Å². The van der Waals surface area contributed by atoms with Crippen LogP contribution in [0.4, 0.5) is 0 Å². The predicted octanol–water partition coefficient (Wildman–Crippen LogP) is 5.37. The van der Waals surface area contributed by atoms with E-state index in [1.54, 1.807) is 11.3 Å². The van der Waals surface area contributed by atoms with E-state index < -0.39 is 0 Å². The number of halogens is 1. The molecule has 1 heterocycles. The molecule has 94 valence electrons. The van der Waals surface area contributed by atoms with Crippen molar-refractivity contribution >= 4 is 37.5 Å². The van der Waals surface area contributed by atoms with Crippen molar-refractivity contribution in [1.82, 2.24) is 4.98 Å². The zero-order valence-electron chi connectivity index (χ0n) is 10.7. The summed E-state index contributed by atoms with van der Waals surface area (Å²) in [7, 11) is 0. The number of hydrogen-bond donors (Lipinski definition) is 0. The van der Waals surface area contributed by atoms with Gasteiger partial charge >= 0.3 is 0 Å². The molecule has 1 nitrogen and oxygen atoms in total. The van der Waals surface area contributed by atoms with Gasteiger partial charge in [0.25, 0.3) is 0 Å². The highest BCUT2D eigenvalue weighted by molar-refractivity contribution is 9.10. The monoisotopic (exact) mass is 329 g/mol. The highest BCUT2D eigenvalue weighted by atomic mass is 79.9. The second-order valence-corrected chi connectivity index (χ2v) is 7.27. The summed E-state index contributed by atoms with van der Waals surface area (Å²) in [5.41, 5.74) is 8.66. The number of fused-ring (bicyclic) bond motifs is 5. The van der Waals surface area contributed by atoms with Gasteiger partial charge in [0, 0.05) is 15.5 Å². The van der Waals surface area contributed by atoms with Gasteiger partial charge in [0.05, 0.1) is 15.7 Å². The minimum atomic E-state index is 0.0621. The van der Waals surface area contributed by atoms with Gasteiger partial charge in [0.1, 0.15) is 0 Å². The fourth-order valence-electron chi connectivity index (χ4n) is 3.11. The standard InChI is InChI=1S/C16H12BrNS/c1-16(2)11-5-6-13-15(19-8-18-13)14(11)10-4-3-9(17)7-12(10)16/h3-8H,1-2H3. The maximum atomic E-state index is 4.44. The highest BCUT2D eigenvalue weighted by Crippen LogP contribution is 2.52. The maximum absolute atomic E-state index is 4.44. The van der Waals surface area contributed by atoms with Crippen molar-refractivity contribution in [3.63, 3.8) is 0 Å². The zero-order valence-corrected chi connectivity index (χ0v) is 13.1. The Bertz CT molecular complexity index is 817. The van der Waals surface area contributed by atoms with Crippen molar-refractivity contribution < 1.29 is 0 Å². The van der Waals surface area contributed by atoms with E-state index in [1.165, 1.54) is 27.0 Å². The van der Waals surface area contributed by atoms with Crippen LogP contribution in [0, 0.1) is 0 Å². The van der Waals surface area contributed by atoms with E-state index in [-0.39, 0.29) is 5.41 Å². The number of aromatic nitrogens is 1. The Hall–Kier alpha value is -1.19. The summed E-state index contributed by atoms with van der Waals surface area (Å²) in [4.78, 5) is 4.44. The molecule has 0 fully saturated rings. The molecule has 0 atom stereocenters. The van der Waals surface area contributed by atoms with Gasteiger partial charge in [-0.05, 0) is 34.9 Å². The van der Waals surface area contributed by atoms with Gasteiger partial charge in [-0.15, -0.1) is 11.3 Å². The zero-order chi connectivity index (χ0) is 13.2. The van der Waals surface area contributed by atoms with Crippen molar-refractivity contribution in [1.29, 1.82) is 0 Å². The molecular formula is C16H12BrNS. The van der Waals surface area contributed by atoms with Gasteiger partial charge in [-0.25, -0.2) is 4.98 Å². The molecule has 0 amide bonds. The van der Waals surface area contributed by atoms with Gasteiger partial charge < -0.3 is 0 Å². The van der Waals surface area contributed by atoms with Crippen molar-refractivity contribution in [2.45, 2.75) is 19.3 Å². The Morgan fingerprint density at radius 3 is 2.79 bits per heavy atom. The molecule has 1 aromatic heterocycles. The molecule has 3 heteroatoms. The topological polar surface area (TPSA) is 12.9 Å². The van der Waals surface area contributed by atoms with E-state index in [9.17, 15) is 0 Å². The molecule has 4 rings (SSSR count).